The van der Waals surface area contributed by atoms with Gasteiger partial charge in [0.1, 0.15) is 0 Å². The van der Waals surface area contributed by atoms with Gasteiger partial charge in [-0.05, 0) is 30.3 Å². The summed E-state index contributed by atoms with van der Waals surface area (Å²) in [5.41, 5.74) is -0.305. The third kappa shape index (κ3) is 4.49. The molecular weight excluding hydrogens is 436 g/mol. The zero-order chi connectivity index (χ0) is 22.7. The van der Waals surface area contributed by atoms with E-state index in [9.17, 15) is 22.8 Å². The number of amides is 1. The van der Waals surface area contributed by atoms with Crippen molar-refractivity contribution in [3.8, 4) is 0 Å². The van der Waals surface area contributed by atoms with E-state index in [1.807, 2.05) is 0 Å². The molecule has 4 rings (SSSR count). The van der Waals surface area contributed by atoms with E-state index in [-0.39, 0.29) is 31.0 Å². The summed E-state index contributed by atoms with van der Waals surface area (Å²) in [6.07, 6.45) is -0.0453. The van der Waals surface area contributed by atoms with Crippen LogP contribution < -0.4 is 16.6 Å². The molecule has 32 heavy (non-hydrogen) atoms. The molecule has 168 valence electrons. The molecule has 1 aliphatic heterocycles. The Hall–Kier alpha value is -3.28. The number of aromatic amines is 1. The standard InChI is InChI=1S/C21H22N4O6S/c26-19(8-9-25-18-7-2-1-6-17(18)20(27)23-21(25)28)22-15-4-3-5-16(14-15)32(29,30)24-10-12-31-13-11-24/h1-7,14H,8-13H2,(H,22,26)(H,23,27,28). The highest BCUT2D eigenvalue weighted by molar-refractivity contribution is 7.89. The van der Waals surface area contributed by atoms with Gasteiger partial charge in [0.2, 0.25) is 15.9 Å². The molecule has 0 bridgehead atoms. The van der Waals surface area contributed by atoms with Crippen molar-refractivity contribution in [1.82, 2.24) is 13.9 Å². The van der Waals surface area contributed by atoms with Gasteiger partial charge in [-0.2, -0.15) is 4.31 Å². The van der Waals surface area contributed by atoms with Crippen molar-refractivity contribution >= 4 is 32.5 Å². The van der Waals surface area contributed by atoms with Gasteiger partial charge in [0.25, 0.3) is 5.56 Å². The smallest absolute Gasteiger partial charge is 0.328 e. The summed E-state index contributed by atoms with van der Waals surface area (Å²) in [5, 5.41) is 3.03. The topological polar surface area (TPSA) is 131 Å². The highest BCUT2D eigenvalue weighted by Crippen LogP contribution is 2.20. The number of ether oxygens (including phenoxy) is 1. The summed E-state index contributed by atoms with van der Waals surface area (Å²) >= 11 is 0. The zero-order valence-electron chi connectivity index (χ0n) is 17.1. The molecule has 0 aliphatic carbocycles. The first-order valence-corrected chi connectivity index (χ1v) is 11.5. The Morgan fingerprint density at radius 3 is 2.59 bits per heavy atom. The Balaban J connectivity index is 1.48. The van der Waals surface area contributed by atoms with E-state index in [0.717, 1.165) is 0 Å². The lowest BCUT2D eigenvalue weighted by atomic mass is 10.2. The number of hydrogen-bond acceptors (Lipinski definition) is 6. The van der Waals surface area contributed by atoms with Crippen molar-refractivity contribution in [3.63, 3.8) is 0 Å². The zero-order valence-corrected chi connectivity index (χ0v) is 17.9. The van der Waals surface area contributed by atoms with Crippen LogP contribution in [0.3, 0.4) is 0 Å². The Labute approximate surface area is 183 Å². The molecule has 11 heteroatoms. The number of aromatic nitrogens is 2. The van der Waals surface area contributed by atoms with Crippen LogP contribution in [0.1, 0.15) is 6.42 Å². The predicted octanol–water partition coefficient (Wildman–Crippen LogP) is 0.739. The second kappa shape index (κ2) is 9.07. The van der Waals surface area contributed by atoms with Gasteiger partial charge < -0.3 is 10.1 Å². The maximum atomic E-state index is 12.8. The second-order valence-electron chi connectivity index (χ2n) is 7.27. The number of nitrogens with zero attached hydrogens (tertiary/aromatic N) is 2. The van der Waals surface area contributed by atoms with E-state index in [1.165, 1.54) is 21.0 Å². The lowest BCUT2D eigenvalue weighted by Crippen LogP contribution is -2.40. The number of carbonyl (C=O) groups excluding carboxylic acids is 1. The van der Waals surface area contributed by atoms with Crippen molar-refractivity contribution in [2.24, 2.45) is 0 Å². The van der Waals surface area contributed by atoms with Crippen LogP contribution in [0.15, 0.2) is 63.0 Å². The number of aryl methyl sites for hydroxylation is 1. The number of benzene rings is 2. The SMILES string of the molecule is O=C(CCn1c(=O)[nH]c(=O)c2ccccc21)Nc1cccc(S(=O)(=O)N2CCOCC2)c1. The minimum Gasteiger partial charge on any atom is -0.379 e. The molecule has 0 unspecified atom stereocenters. The monoisotopic (exact) mass is 458 g/mol. The Morgan fingerprint density at radius 2 is 1.81 bits per heavy atom. The molecule has 0 atom stereocenters. The summed E-state index contributed by atoms with van der Waals surface area (Å²) in [4.78, 5) is 39.0. The van der Waals surface area contributed by atoms with Crippen LogP contribution in [0.25, 0.3) is 10.9 Å². The van der Waals surface area contributed by atoms with Crippen molar-refractivity contribution in [3.05, 3.63) is 69.4 Å². The van der Waals surface area contributed by atoms with Gasteiger partial charge in [0.05, 0.1) is 29.0 Å². The molecule has 0 saturated carbocycles. The number of rotatable bonds is 6. The molecule has 1 aliphatic rings. The normalized spacial score (nSPS) is 15.0. The molecule has 2 N–H and O–H groups in total. The van der Waals surface area contributed by atoms with E-state index in [2.05, 4.69) is 10.3 Å². The fourth-order valence-corrected chi connectivity index (χ4v) is 5.03. The second-order valence-corrected chi connectivity index (χ2v) is 9.21. The van der Waals surface area contributed by atoms with Gasteiger partial charge in [-0.1, -0.05) is 18.2 Å². The van der Waals surface area contributed by atoms with Gasteiger partial charge in [0.15, 0.2) is 0 Å². The molecule has 1 aromatic heterocycles. The third-order valence-corrected chi connectivity index (χ3v) is 7.09. The van der Waals surface area contributed by atoms with Crippen LogP contribution >= 0.6 is 0 Å². The van der Waals surface area contributed by atoms with Crippen molar-refractivity contribution in [2.45, 2.75) is 17.9 Å². The number of fused-ring (bicyclic) bond motifs is 1. The maximum Gasteiger partial charge on any atom is 0.328 e. The molecule has 0 radical (unpaired) electrons. The quantitative estimate of drug-likeness (QED) is 0.560. The number of anilines is 1. The van der Waals surface area contributed by atoms with Crippen molar-refractivity contribution < 1.29 is 17.9 Å². The minimum absolute atomic E-state index is 0.0453. The molecular formula is C21H22N4O6S. The molecule has 1 fully saturated rings. The van der Waals surface area contributed by atoms with Crippen LogP contribution in [-0.4, -0.2) is 54.5 Å². The predicted molar refractivity (Wildman–Crippen MR) is 118 cm³/mol. The van der Waals surface area contributed by atoms with Gasteiger partial charge >= 0.3 is 5.69 Å². The van der Waals surface area contributed by atoms with E-state index < -0.39 is 27.2 Å². The highest BCUT2D eigenvalue weighted by Gasteiger charge is 2.26. The van der Waals surface area contributed by atoms with Crippen LogP contribution in [0, 0.1) is 0 Å². The number of morpholine rings is 1. The Bertz CT molecular complexity index is 1370. The average Bonchev–Trinajstić information content (AvgIpc) is 2.79. The number of H-pyrrole nitrogens is 1. The fraction of sp³-hybridized carbons (Fsp3) is 0.286. The van der Waals surface area contributed by atoms with Gasteiger partial charge in [-0.3, -0.25) is 19.1 Å². The Kier molecular flexibility index (Phi) is 6.21. The van der Waals surface area contributed by atoms with E-state index >= 15 is 0 Å². The molecule has 2 aromatic carbocycles. The molecule has 1 amide bonds. The van der Waals surface area contributed by atoms with Crippen molar-refractivity contribution in [1.29, 1.82) is 0 Å². The summed E-state index contributed by atoms with van der Waals surface area (Å²) in [7, 11) is -3.69. The molecule has 3 aromatic rings. The van der Waals surface area contributed by atoms with Crippen LogP contribution in [-0.2, 0) is 26.1 Å². The lowest BCUT2D eigenvalue weighted by molar-refractivity contribution is -0.116. The molecule has 2 heterocycles. The fourth-order valence-electron chi connectivity index (χ4n) is 3.57. The maximum absolute atomic E-state index is 12.8. The summed E-state index contributed by atoms with van der Waals surface area (Å²) in [5.74, 6) is -0.395. The van der Waals surface area contributed by atoms with Gasteiger partial charge in [0, 0.05) is 31.7 Å². The van der Waals surface area contributed by atoms with Crippen molar-refractivity contribution in [2.75, 3.05) is 31.6 Å². The highest BCUT2D eigenvalue weighted by atomic mass is 32.2. The van der Waals surface area contributed by atoms with E-state index in [1.54, 1.807) is 36.4 Å². The van der Waals surface area contributed by atoms with Crippen LogP contribution in [0.4, 0.5) is 5.69 Å². The number of hydrogen-bond donors (Lipinski definition) is 2. The van der Waals surface area contributed by atoms with E-state index in [0.29, 0.717) is 29.8 Å². The summed E-state index contributed by atoms with van der Waals surface area (Å²) in [6.45, 7) is 1.29. The minimum atomic E-state index is -3.69. The molecule has 10 nitrogen and oxygen atoms in total. The summed E-state index contributed by atoms with van der Waals surface area (Å²) in [6, 6.07) is 12.7. The third-order valence-electron chi connectivity index (χ3n) is 5.19. The van der Waals surface area contributed by atoms with E-state index in [4.69, 9.17) is 4.74 Å². The summed E-state index contributed by atoms with van der Waals surface area (Å²) < 4.78 is 33.5. The number of carbonyl (C=O) groups is 1. The number of para-hydroxylation sites is 1. The largest absolute Gasteiger partial charge is 0.379 e. The molecule has 1 saturated heterocycles. The van der Waals surface area contributed by atoms with Gasteiger partial charge in [-0.25, -0.2) is 13.2 Å². The average molecular weight is 458 g/mol. The first kappa shape index (κ1) is 21.9. The van der Waals surface area contributed by atoms with Crippen LogP contribution in [0.5, 0.6) is 0 Å². The first-order valence-electron chi connectivity index (χ1n) is 10.1. The number of nitrogens with one attached hydrogen (secondary N) is 2. The number of sulfonamides is 1. The van der Waals surface area contributed by atoms with Gasteiger partial charge in [-0.15, -0.1) is 0 Å². The first-order chi connectivity index (χ1) is 15.4. The van der Waals surface area contributed by atoms with Crippen LogP contribution in [0.2, 0.25) is 0 Å². The lowest BCUT2D eigenvalue weighted by Gasteiger charge is -2.26. The Morgan fingerprint density at radius 1 is 1.06 bits per heavy atom. The molecule has 0 spiro atoms.